The first-order valence-corrected chi connectivity index (χ1v) is 11.6. The maximum Gasteiger partial charge on any atom is 0.326 e. The molecule has 3 aromatic rings. The maximum atomic E-state index is 14.1. The molecule has 0 saturated heterocycles. The van der Waals surface area contributed by atoms with E-state index >= 15 is 0 Å². The van der Waals surface area contributed by atoms with Gasteiger partial charge in [0, 0.05) is 33.0 Å². The number of carbonyl (C=O) groups excluding carboxylic acids is 2. The molecule has 5 rings (SSSR count). The number of halogens is 5. The summed E-state index contributed by atoms with van der Waals surface area (Å²) in [6.45, 7) is -0.869. The van der Waals surface area contributed by atoms with Crippen LogP contribution in [0, 0.1) is 23.0 Å². The van der Waals surface area contributed by atoms with Gasteiger partial charge in [0.2, 0.25) is 0 Å². The predicted octanol–water partition coefficient (Wildman–Crippen LogP) is 5.02. The number of alkyl halides is 2. The van der Waals surface area contributed by atoms with Crippen molar-refractivity contribution in [1.82, 2.24) is 5.32 Å². The number of β-amino-alcohol motifs (C(OH)–C–C–N with tert-alkyl or cyclic N) is 1. The van der Waals surface area contributed by atoms with E-state index in [0.29, 0.717) is 5.56 Å². The number of aliphatic hydroxyl groups is 1. The molecule has 0 fully saturated rings. The van der Waals surface area contributed by atoms with Gasteiger partial charge in [-0.25, -0.2) is 22.4 Å². The fraction of sp³-hybridized carbons (Fsp3) is 0.192. The second-order valence-corrected chi connectivity index (χ2v) is 9.32. The number of carbonyl (C=O) groups is 2. The molecule has 2 aliphatic rings. The first-order chi connectivity index (χ1) is 18.0. The van der Waals surface area contributed by atoms with Crippen molar-refractivity contribution in [1.29, 1.82) is 5.26 Å². The SMILES string of the molecule is N#CCc1cc(NC(=O)N2CC(O)(C(F)F)c3cc(F)ccc32)c2c(c1)C(=O)NC2c1cc(F)ccc1Cl. The molecule has 12 heteroatoms. The molecule has 2 aliphatic heterocycles. The number of nitrogens with one attached hydrogen (secondary N) is 2. The van der Waals surface area contributed by atoms with Gasteiger partial charge in [-0.05, 0) is 54.1 Å². The molecule has 3 amide bonds. The summed E-state index contributed by atoms with van der Waals surface area (Å²) in [5.74, 6) is -2.05. The monoisotopic (exact) mass is 544 g/mol. The van der Waals surface area contributed by atoms with E-state index in [-0.39, 0.29) is 39.5 Å². The number of nitriles is 1. The summed E-state index contributed by atoms with van der Waals surface area (Å²) in [5.41, 5.74) is -2.45. The smallest absolute Gasteiger partial charge is 0.326 e. The molecule has 0 aliphatic carbocycles. The van der Waals surface area contributed by atoms with Crippen LogP contribution in [0.5, 0.6) is 0 Å². The minimum absolute atomic E-state index is 0.0394. The van der Waals surface area contributed by atoms with Crippen LogP contribution in [0.15, 0.2) is 48.5 Å². The van der Waals surface area contributed by atoms with Gasteiger partial charge in [0.25, 0.3) is 12.3 Å². The van der Waals surface area contributed by atoms with Gasteiger partial charge in [0.1, 0.15) is 11.6 Å². The molecule has 0 bridgehead atoms. The van der Waals surface area contributed by atoms with Gasteiger partial charge < -0.3 is 15.7 Å². The third-order valence-electron chi connectivity index (χ3n) is 6.56. The molecule has 0 aromatic heterocycles. The number of hydrogen-bond donors (Lipinski definition) is 3. The van der Waals surface area contributed by atoms with Crippen molar-refractivity contribution in [3.8, 4) is 6.07 Å². The molecular formula is C26H17ClF4N4O3. The lowest BCUT2D eigenvalue weighted by Crippen LogP contribution is -2.43. The molecule has 0 spiro atoms. The highest BCUT2D eigenvalue weighted by molar-refractivity contribution is 6.31. The lowest BCUT2D eigenvalue weighted by molar-refractivity contribution is -0.0892. The van der Waals surface area contributed by atoms with E-state index in [4.69, 9.17) is 11.6 Å². The summed E-state index contributed by atoms with van der Waals surface area (Å²) in [6, 6.07) is 9.28. The fourth-order valence-electron chi connectivity index (χ4n) is 4.81. The van der Waals surface area contributed by atoms with E-state index in [1.807, 2.05) is 6.07 Å². The van der Waals surface area contributed by atoms with Gasteiger partial charge >= 0.3 is 6.03 Å². The van der Waals surface area contributed by atoms with E-state index in [1.54, 1.807) is 0 Å². The van der Waals surface area contributed by atoms with Crippen LogP contribution in [-0.4, -0.2) is 30.0 Å². The Morgan fingerprint density at radius 2 is 1.92 bits per heavy atom. The number of benzene rings is 3. The fourth-order valence-corrected chi connectivity index (χ4v) is 5.04. The summed E-state index contributed by atoms with van der Waals surface area (Å²) < 4.78 is 55.5. The van der Waals surface area contributed by atoms with Crippen LogP contribution in [0.3, 0.4) is 0 Å². The molecule has 194 valence electrons. The number of fused-ring (bicyclic) bond motifs is 2. The third-order valence-corrected chi connectivity index (χ3v) is 6.91. The van der Waals surface area contributed by atoms with Crippen LogP contribution < -0.4 is 15.5 Å². The van der Waals surface area contributed by atoms with Crippen molar-refractivity contribution in [3.05, 3.63) is 93.0 Å². The highest BCUT2D eigenvalue weighted by atomic mass is 35.5. The minimum Gasteiger partial charge on any atom is -0.377 e. The first kappa shape index (κ1) is 25.5. The van der Waals surface area contributed by atoms with E-state index in [9.17, 15) is 37.5 Å². The Balaban J connectivity index is 1.59. The topological polar surface area (TPSA) is 105 Å². The first-order valence-electron chi connectivity index (χ1n) is 11.2. The lowest BCUT2D eigenvalue weighted by atomic mass is 9.94. The Morgan fingerprint density at radius 1 is 1.21 bits per heavy atom. The molecule has 3 aromatic carbocycles. The van der Waals surface area contributed by atoms with Crippen molar-refractivity contribution in [2.24, 2.45) is 0 Å². The second-order valence-electron chi connectivity index (χ2n) is 8.91. The normalized spacial score (nSPS) is 19.7. The summed E-state index contributed by atoms with van der Waals surface area (Å²) in [6.07, 6.45) is -3.45. The highest BCUT2D eigenvalue weighted by Crippen LogP contribution is 2.44. The number of nitrogens with zero attached hydrogens (tertiary/aromatic N) is 2. The lowest BCUT2D eigenvalue weighted by Gasteiger charge is -2.24. The van der Waals surface area contributed by atoms with Gasteiger partial charge in [-0.2, -0.15) is 5.26 Å². The van der Waals surface area contributed by atoms with Crippen LogP contribution in [0.2, 0.25) is 5.02 Å². The van der Waals surface area contributed by atoms with Crippen molar-refractivity contribution in [3.63, 3.8) is 0 Å². The van der Waals surface area contributed by atoms with Crippen LogP contribution >= 0.6 is 11.6 Å². The second kappa shape index (κ2) is 9.31. The third kappa shape index (κ3) is 4.12. The molecule has 2 heterocycles. The maximum absolute atomic E-state index is 14.1. The average Bonchev–Trinajstić information content (AvgIpc) is 3.36. The summed E-state index contributed by atoms with van der Waals surface area (Å²) in [5, 5.41) is 25.2. The molecule has 0 radical (unpaired) electrons. The molecule has 2 unspecified atom stereocenters. The summed E-state index contributed by atoms with van der Waals surface area (Å²) >= 11 is 6.28. The van der Waals surface area contributed by atoms with Gasteiger partial charge in [-0.15, -0.1) is 0 Å². The van der Waals surface area contributed by atoms with Crippen molar-refractivity contribution in [2.45, 2.75) is 24.5 Å². The number of amides is 3. The summed E-state index contributed by atoms with van der Waals surface area (Å²) in [7, 11) is 0. The van der Waals surface area contributed by atoms with Crippen LogP contribution in [0.1, 0.15) is 38.7 Å². The molecule has 2 atom stereocenters. The Morgan fingerprint density at radius 3 is 2.63 bits per heavy atom. The Bertz CT molecular complexity index is 1540. The molecule has 3 N–H and O–H groups in total. The van der Waals surface area contributed by atoms with Gasteiger partial charge in [0.15, 0.2) is 5.60 Å². The zero-order valence-electron chi connectivity index (χ0n) is 19.2. The Hall–Kier alpha value is -4.14. The largest absolute Gasteiger partial charge is 0.377 e. The average molecular weight is 545 g/mol. The van der Waals surface area contributed by atoms with E-state index in [0.717, 1.165) is 35.2 Å². The zero-order chi connectivity index (χ0) is 27.4. The van der Waals surface area contributed by atoms with E-state index in [2.05, 4.69) is 10.6 Å². The van der Waals surface area contributed by atoms with Crippen LogP contribution in [-0.2, 0) is 12.0 Å². The molecule has 0 saturated carbocycles. The number of urea groups is 1. The molecule has 7 nitrogen and oxygen atoms in total. The Labute approximate surface area is 218 Å². The van der Waals surface area contributed by atoms with Crippen molar-refractivity contribution in [2.75, 3.05) is 16.8 Å². The Kier molecular flexibility index (Phi) is 6.25. The number of hydrogen-bond acceptors (Lipinski definition) is 4. The highest BCUT2D eigenvalue weighted by Gasteiger charge is 2.50. The van der Waals surface area contributed by atoms with Crippen LogP contribution in [0.4, 0.5) is 33.7 Å². The van der Waals surface area contributed by atoms with Gasteiger partial charge in [-0.1, -0.05) is 11.6 Å². The number of rotatable bonds is 4. The van der Waals surface area contributed by atoms with Crippen molar-refractivity contribution >= 4 is 34.9 Å². The van der Waals surface area contributed by atoms with E-state index in [1.165, 1.54) is 18.2 Å². The van der Waals surface area contributed by atoms with Gasteiger partial charge in [0.05, 0.1) is 30.8 Å². The van der Waals surface area contributed by atoms with Crippen molar-refractivity contribution < 1.29 is 32.3 Å². The molecular weight excluding hydrogens is 528 g/mol. The van der Waals surface area contributed by atoms with Gasteiger partial charge in [-0.3, -0.25) is 9.69 Å². The van der Waals surface area contributed by atoms with E-state index < -0.39 is 53.7 Å². The predicted molar refractivity (Wildman–Crippen MR) is 129 cm³/mol. The summed E-state index contributed by atoms with van der Waals surface area (Å²) in [4.78, 5) is 27.1. The number of anilines is 2. The quantitative estimate of drug-likeness (QED) is 0.401. The standard InChI is InChI=1S/C26H17ClF4N4O3/c27-18-3-1-13(28)9-15(18)22-21-16(23(36)34-22)7-12(5-6-32)8-19(21)33-25(37)35-11-26(38,24(30)31)17-10-14(29)2-4-20(17)35/h1-4,7-10,22,24,38H,5,11H2,(H,33,37)(H,34,36). The zero-order valence-corrected chi connectivity index (χ0v) is 20.0. The molecule has 38 heavy (non-hydrogen) atoms. The van der Waals surface area contributed by atoms with Crippen LogP contribution in [0.25, 0.3) is 0 Å². The minimum atomic E-state index is -3.33.